The Morgan fingerprint density at radius 2 is 1.89 bits per heavy atom. The molecule has 2 aromatic carbocycles. The summed E-state index contributed by atoms with van der Waals surface area (Å²) in [5, 5.41) is 7.05. The molecule has 0 aliphatic heterocycles. The predicted octanol–water partition coefficient (Wildman–Crippen LogP) is 2.72. The lowest BCUT2D eigenvalue weighted by molar-refractivity contribution is -0.119. The number of nitrogens with one attached hydrogen (secondary N) is 2. The van der Waals surface area contributed by atoms with Gasteiger partial charge in [0.15, 0.2) is 0 Å². The second-order valence-electron chi connectivity index (χ2n) is 7.17. The molecule has 0 spiro atoms. The van der Waals surface area contributed by atoms with E-state index in [0.717, 1.165) is 27.8 Å². The Bertz CT molecular complexity index is 1070. The lowest BCUT2D eigenvalue weighted by atomic mass is 10.1. The molecule has 0 bridgehead atoms. The second kappa shape index (κ2) is 7.03. The van der Waals surface area contributed by atoms with Crippen LogP contribution < -0.4 is 15.4 Å². The first-order valence-corrected chi connectivity index (χ1v) is 9.27. The highest BCUT2D eigenvalue weighted by atomic mass is 16.5. The first-order valence-electron chi connectivity index (χ1n) is 9.27. The molecule has 144 valence electrons. The molecule has 2 atom stereocenters. The fraction of sp³-hybridized carbons (Fsp3) is 0.273. The van der Waals surface area contributed by atoms with Crippen molar-refractivity contribution in [2.24, 2.45) is 7.05 Å². The van der Waals surface area contributed by atoms with Gasteiger partial charge >= 0.3 is 0 Å². The fourth-order valence-electron chi connectivity index (χ4n) is 4.06. The van der Waals surface area contributed by atoms with Gasteiger partial charge in [-0.15, -0.1) is 0 Å². The van der Waals surface area contributed by atoms with E-state index < -0.39 is 0 Å². The van der Waals surface area contributed by atoms with Crippen LogP contribution in [0.5, 0.6) is 5.75 Å². The monoisotopic (exact) mass is 377 g/mol. The SMILES string of the molecule is COc1ccc2c(c1)cc(C(=O)NC1c3ccccc3CC1NC(C)=O)n2C. The first kappa shape index (κ1) is 18.1. The number of nitrogens with zero attached hydrogens (tertiary/aromatic N) is 1. The first-order chi connectivity index (χ1) is 13.5. The number of fused-ring (bicyclic) bond motifs is 2. The molecule has 28 heavy (non-hydrogen) atoms. The number of methoxy groups -OCH3 is 1. The molecule has 6 nitrogen and oxygen atoms in total. The number of ether oxygens (including phenoxy) is 1. The Kier molecular flexibility index (Phi) is 4.55. The van der Waals surface area contributed by atoms with Gasteiger partial charge in [-0.25, -0.2) is 0 Å². The van der Waals surface area contributed by atoms with Crippen LogP contribution in [0.3, 0.4) is 0 Å². The Morgan fingerprint density at radius 3 is 2.64 bits per heavy atom. The number of benzene rings is 2. The molecule has 0 saturated heterocycles. The van der Waals surface area contributed by atoms with Crippen molar-refractivity contribution >= 4 is 22.7 Å². The van der Waals surface area contributed by atoms with Crippen LogP contribution in [0.2, 0.25) is 0 Å². The highest BCUT2D eigenvalue weighted by Crippen LogP contribution is 2.32. The van der Waals surface area contributed by atoms with Crippen LogP contribution in [0, 0.1) is 0 Å². The van der Waals surface area contributed by atoms with Crippen LogP contribution in [-0.4, -0.2) is 29.5 Å². The zero-order chi connectivity index (χ0) is 19.8. The van der Waals surface area contributed by atoms with Crippen molar-refractivity contribution in [3.05, 3.63) is 65.4 Å². The van der Waals surface area contributed by atoms with Crippen LogP contribution in [0.15, 0.2) is 48.5 Å². The van der Waals surface area contributed by atoms with Gasteiger partial charge in [-0.1, -0.05) is 24.3 Å². The van der Waals surface area contributed by atoms with E-state index in [9.17, 15) is 9.59 Å². The molecule has 1 heterocycles. The second-order valence-corrected chi connectivity index (χ2v) is 7.17. The van der Waals surface area contributed by atoms with Crippen LogP contribution in [0.1, 0.15) is 34.6 Å². The summed E-state index contributed by atoms with van der Waals surface area (Å²) in [6.07, 6.45) is 0.701. The zero-order valence-corrected chi connectivity index (χ0v) is 16.2. The topological polar surface area (TPSA) is 72.4 Å². The van der Waals surface area contributed by atoms with Crippen molar-refractivity contribution in [2.75, 3.05) is 7.11 Å². The van der Waals surface area contributed by atoms with Crippen molar-refractivity contribution in [1.29, 1.82) is 0 Å². The van der Waals surface area contributed by atoms with Crippen molar-refractivity contribution in [1.82, 2.24) is 15.2 Å². The normalized spacial score (nSPS) is 18.0. The van der Waals surface area contributed by atoms with Gasteiger partial charge in [0.1, 0.15) is 11.4 Å². The number of aromatic nitrogens is 1. The minimum atomic E-state index is -0.264. The zero-order valence-electron chi connectivity index (χ0n) is 16.2. The van der Waals surface area contributed by atoms with Crippen molar-refractivity contribution in [2.45, 2.75) is 25.4 Å². The molecule has 1 aliphatic carbocycles. The smallest absolute Gasteiger partial charge is 0.268 e. The third-order valence-corrected chi connectivity index (χ3v) is 5.39. The van der Waals surface area contributed by atoms with Crippen molar-refractivity contribution < 1.29 is 14.3 Å². The molecule has 0 radical (unpaired) electrons. The predicted molar refractivity (Wildman–Crippen MR) is 107 cm³/mol. The molecular formula is C22H23N3O3. The number of amides is 2. The Morgan fingerprint density at radius 1 is 1.11 bits per heavy atom. The molecule has 4 rings (SSSR count). The number of hydrogen-bond donors (Lipinski definition) is 2. The summed E-state index contributed by atoms with van der Waals surface area (Å²) in [5.74, 6) is 0.476. The van der Waals surface area contributed by atoms with Gasteiger partial charge < -0.3 is 19.9 Å². The Balaban J connectivity index is 1.65. The summed E-state index contributed by atoms with van der Waals surface area (Å²) in [6.45, 7) is 1.50. The average molecular weight is 377 g/mol. The average Bonchev–Trinajstić information content (AvgIpc) is 3.19. The van der Waals surface area contributed by atoms with Gasteiger partial charge in [0.2, 0.25) is 5.91 Å². The van der Waals surface area contributed by atoms with E-state index in [2.05, 4.69) is 10.6 Å². The third kappa shape index (κ3) is 3.11. The summed E-state index contributed by atoms with van der Waals surface area (Å²) in [7, 11) is 3.50. The molecule has 2 N–H and O–H groups in total. The molecule has 0 fully saturated rings. The lowest BCUT2D eigenvalue weighted by Crippen LogP contribution is -2.43. The molecule has 2 amide bonds. The van der Waals surface area contributed by atoms with E-state index in [1.54, 1.807) is 7.11 Å². The van der Waals surface area contributed by atoms with Gasteiger partial charge in [0, 0.05) is 24.9 Å². The highest BCUT2D eigenvalue weighted by molar-refractivity contribution is 5.99. The molecular weight excluding hydrogens is 354 g/mol. The largest absolute Gasteiger partial charge is 0.497 e. The minimum Gasteiger partial charge on any atom is -0.497 e. The van der Waals surface area contributed by atoms with E-state index in [-0.39, 0.29) is 23.9 Å². The van der Waals surface area contributed by atoms with E-state index in [1.807, 2.05) is 60.1 Å². The summed E-state index contributed by atoms with van der Waals surface area (Å²) in [6, 6.07) is 15.2. The quantitative estimate of drug-likeness (QED) is 0.734. The van der Waals surface area contributed by atoms with Gasteiger partial charge in [0.25, 0.3) is 5.91 Å². The molecule has 1 aromatic heterocycles. The summed E-state index contributed by atoms with van der Waals surface area (Å²) in [5.41, 5.74) is 3.72. The number of rotatable bonds is 4. The number of carbonyl (C=O) groups excluding carboxylic acids is 2. The van der Waals surface area contributed by atoms with Crippen molar-refractivity contribution in [3.8, 4) is 5.75 Å². The van der Waals surface area contributed by atoms with E-state index >= 15 is 0 Å². The van der Waals surface area contributed by atoms with Crippen LogP contribution >= 0.6 is 0 Å². The standard InChI is InChI=1S/C22H23N3O3/c1-13(26)23-18-11-14-6-4-5-7-17(14)21(18)24-22(27)20-12-15-10-16(28-3)8-9-19(15)25(20)2/h4-10,12,18,21H,11H2,1-3H3,(H,23,26)(H,24,27). The minimum absolute atomic E-state index is 0.103. The molecule has 2 unspecified atom stereocenters. The Labute approximate surface area is 163 Å². The van der Waals surface area contributed by atoms with Crippen LogP contribution in [-0.2, 0) is 18.3 Å². The maximum Gasteiger partial charge on any atom is 0.268 e. The molecule has 6 heteroatoms. The molecule has 3 aromatic rings. The third-order valence-electron chi connectivity index (χ3n) is 5.39. The van der Waals surface area contributed by atoms with Gasteiger partial charge in [-0.3, -0.25) is 9.59 Å². The Hall–Kier alpha value is -3.28. The number of aryl methyl sites for hydroxylation is 1. The van der Waals surface area contributed by atoms with Gasteiger partial charge in [-0.2, -0.15) is 0 Å². The van der Waals surface area contributed by atoms with Gasteiger partial charge in [-0.05, 0) is 41.8 Å². The molecule has 1 aliphatic rings. The van der Waals surface area contributed by atoms with E-state index in [0.29, 0.717) is 12.1 Å². The summed E-state index contributed by atoms with van der Waals surface area (Å²) in [4.78, 5) is 24.8. The summed E-state index contributed by atoms with van der Waals surface area (Å²) >= 11 is 0. The summed E-state index contributed by atoms with van der Waals surface area (Å²) < 4.78 is 7.15. The fourth-order valence-corrected chi connectivity index (χ4v) is 4.06. The van der Waals surface area contributed by atoms with E-state index in [4.69, 9.17) is 4.74 Å². The van der Waals surface area contributed by atoms with Gasteiger partial charge in [0.05, 0.1) is 19.2 Å². The maximum atomic E-state index is 13.1. The van der Waals surface area contributed by atoms with Crippen LogP contribution in [0.25, 0.3) is 10.9 Å². The number of hydrogen-bond acceptors (Lipinski definition) is 3. The highest BCUT2D eigenvalue weighted by Gasteiger charge is 2.34. The van der Waals surface area contributed by atoms with Crippen LogP contribution in [0.4, 0.5) is 0 Å². The van der Waals surface area contributed by atoms with E-state index in [1.165, 1.54) is 6.92 Å². The number of carbonyl (C=O) groups is 2. The lowest BCUT2D eigenvalue weighted by Gasteiger charge is -2.22. The maximum absolute atomic E-state index is 13.1. The molecule has 0 saturated carbocycles. The van der Waals surface area contributed by atoms with Crippen molar-refractivity contribution in [3.63, 3.8) is 0 Å².